The van der Waals surface area contributed by atoms with Gasteiger partial charge >= 0.3 is 0 Å². The van der Waals surface area contributed by atoms with E-state index >= 15 is 0 Å². The van der Waals surface area contributed by atoms with Gasteiger partial charge in [0.25, 0.3) is 0 Å². The third kappa shape index (κ3) is 3.77. The molecule has 1 aliphatic heterocycles. The predicted octanol–water partition coefficient (Wildman–Crippen LogP) is 2.65. The van der Waals surface area contributed by atoms with Gasteiger partial charge in [-0.15, -0.1) is 0 Å². The van der Waals surface area contributed by atoms with Gasteiger partial charge in [-0.3, -0.25) is 4.79 Å². The van der Waals surface area contributed by atoms with Crippen molar-refractivity contribution in [2.24, 2.45) is 11.1 Å². The molecule has 3 N–H and O–H groups in total. The Labute approximate surface area is 135 Å². The number of amides is 1. The molecule has 1 atom stereocenters. The van der Waals surface area contributed by atoms with E-state index < -0.39 is 5.41 Å². The van der Waals surface area contributed by atoms with Gasteiger partial charge in [0.2, 0.25) is 5.91 Å². The first-order chi connectivity index (χ1) is 9.82. The second-order valence-corrected chi connectivity index (χ2v) is 7.26. The highest BCUT2D eigenvalue weighted by atomic mass is 79.9. The summed E-state index contributed by atoms with van der Waals surface area (Å²) in [6, 6.07) is 6.85. The van der Waals surface area contributed by atoms with E-state index in [4.69, 9.17) is 5.73 Å². The molecule has 0 radical (unpaired) electrons. The second-order valence-electron chi connectivity index (χ2n) is 6.41. The zero-order valence-electron chi connectivity index (χ0n) is 12.9. The number of nitrogens with two attached hydrogens (primary N) is 1. The lowest BCUT2D eigenvalue weighted by atomic mass is 9.89. The van der Waals surface area contributed by atoms with E-state index in [0.29, 0.717) is 12.6 Å². The minimum atomic E-state index is -0.412. The highest BCUT2D eigenvalue weighted by molar-refractivity contribution is 9.10. The molecule has 4 nitrogen and oxygen atoms in total. The summed E-state index contributed by atoms with van der Waals surface area (Å²) in [7, 11) is 0. The molecule has 1 heterocycles. The molecule has 1 aromatic carbocycles. The SMILES string of the molecule is CC(C)NCc1ccc(N2CCC(C)(C(N)=O)C2)cc1Br. The number of primary amides is 1. The van der Waals surface area contributed by atoms with Crippen molar-refractivity contribution in [2.75, 3.05) is 18.0 Å². The summed E-state index contributed by atoms with van der Waals surface area (Å²) in [5, 5.41) is 3.41. The normalized spacial score (nSPS) is 22.0. The van der Waals surface area contributed by atoms with Gasteiger partial charge in [0.1, 0.15) is 0 Å². The molecule has 0 spiro atoms. The Morgan fingerprint density at radius 1 is 1.52 bits per heavy atom. The van der Waals surface area contributed by atoms with Gasteiger partial charge in [0.05, 0.1) is 5.41 Å². The number of rotatable bonds is 5. The topological polar surface area (TPSA) is 58.4 Å². The van der Waals surface area contributed by atoms with Gasteiger partial charge in [-0.05, 0) is 31.0 Å². The Morgan fingerprint density at radius 3 is 2.76 bits per heavy atom. The maximum absolute atomic E-state index is 11.5. The maximum atomic E-state index is 11.5. The summed E-state index contributed by atoms with van der Waals surface area (Å²) in [5.41, 5.74) is 7.48. The van der Waals surface area contributed by atoms with E-state index in [1.807, 2.05) is 6.92 Å². The van der Waals surface area contributed by atoms with Gasteiger partial charge in [0.15, 0.2) is 0 Å². The molecule has 1 aromatic rings. The lowest BCUT2D eigenvalue weighted by Gasteiger charge is -2.23. The molecular weight excluding hydrogens is 330 g/mol. The van der Waals surface area contributed by atoms with Crippen LogP contribution in [0.1, 0.15) is 32.8 Å². The highest BCUT2D eigenvalue weighted by Gasteiger charge is 2.38. The van der Waals surface area contributed by atoms with Crippen LogP contribution in [-0.4, -0.2) is 25.0 Å². The van der Waals surface area contributed by atoms with Crippen molar-refractivity contribution in [1.82, 2.24) is 5.32 Å². The summed E-state index contributed by atoms with van der Waals surface area (Å²) in [4.78, 5) is 13.8. The summed E-state index contributed by atoms with van der Waals surface area (Å²) in [6.45, 7) is 8.63. The van der Waals surface area contributed by atoms with E-state index in [2.05, 4.69) is 58.2 Å². The van der Waals surface area contributed by atoms with E-state index in [1.165, 1.54) is 5.56 Å². The molecule has 1 unspecified atom stereocenters. The standard InChI is InChI=1S/C16H24BrN3O/c1-11(2)19-9-12-4-5-13(8-14(12)17)20-7-6-16(3,10-20)15(18)21/h4-5,8,11,19H,6-7,9-10H2,1-3H3,(H2,18,21). The zero-order valence-corrected chi connectivity index (χ0v) is 14.5. The first-order valence-electron chi connectivity index (χ1n) is 7.38. The minimum absolute atomic E-state index is 0.207. The molecule has 0 bridgehead atoms. The number of nitrogens with zero attached hydrogens (tertiary/aromatic N) is 1. The monoisotopic (exact) mass is 353 g/mol. The van der Waals surface area contributed by atoms with Crippen LogP contribution in [0.5, 0.6) is 0 Å². The average molecular weight is 354 g/mol. The van der Waals surface area contributed by atoms with Crippen LogP contribution < -0.4 is 16.0 Å². The summed E-state index contributed by atoms with van der Waals surface area (Å²) in [6.07, 6.45) is 0.816. The Balaban J connectivity index is 2.09. The molecule has 1 fully saturated rings. The number of anilines is 1. The highest BCUT2D eigenvalue weighted by Crippen LogP contribution is 2.34. The van der Waals surface area contributed by atoms with Crippen molar-refractivity contribution >= 4 is 27.5 Å². The molecule has 0 aromatic heterocycles. The fourth-order valence-corrected chi connectivity index (χ4v) is 3.08. The first-order valence-corrected chi connectivity index (χ1v) is 8.18. The fourth-order valence-electron chi connectivity index (χ4n) is 2.57. The lowest BCUT2D eigenvalue weighted by molar-refractivity contribution is -0.125. The number of benzene rings is 1. The van der Waals surface area contributed by atoms with Crippen molar-refractivity contribution in [1.29, 1.82) is 0 Å². The maximum Gasteiger partial charge on any atom is 0.225 e. The van der Waals surface area contributed by atoms with E-state index in [0.717, 1.165) is 29.7 Å². The summed E-state index contributed by atoms with van der Waals surface area (Å²) >= 11 is 3.64. The number of hydrogen-bond donors (Lipinski definition) is 2. The Kier molecular flexibility index (Phi) is 4.94. The van der Waals surface area contributed by atoms with Gasteiger partial charge in [-0.1, -0.05) is 35.8 Å². The van der Waals surface area contributed by atoms with E-state index in [9.17, 15) is 4.79 Å². The Bertz CT molecular complexity index is 532. The molecule has 21 heavy (non-hydrogen) atoms. The van der Waals surface area contributed by atoms with Crippen LogP contribution in [-0.2, 0) is 11.3 Å². The quantitative estimate of drug-likeness (QED) is 0.855. The van der Waals surface area contributed by atoms with Crippen LogP contribution in [0.4, 0.5) is 5.69 Å². The summed E-state index contributed by atoms with van der Waals surface area (Å²) < 4.78 is 1.10. The second kappa shape index (κ2) is 6.36. The van der Waals surface area contributed by atoms with Crippen molar-refractivity contribution in [3.63, 3.8) is 0 Å². The first kappa shape index (κ1) is 16.3. The Morgan fingerprint density at radius 2 is 2.24 bits per heavy atom. The zero-order chi connectivity index (χ0) is 15.6. The molecule has 116 valence electrons. The van der Waals surface area contributed by atoms with Crippen LogP contribution in [0.2, 0.25) is 0 Å². The molecule has 5 heteroatoms. The van der Waals surface area contributed by atoms with Crippen LogP contribution in [0, 0.1) is 5.41 Å². The smallest absolute Gasteiger partial charge is 0.225 e. The lowest BCUT2D eigenvalue weighted by Crippen LogP contribution is -2.37. The third-order valence-electron chi connectivity index (χ3n) is 4.17. The number of carbonyl (C=O) groups excluding carboxylic acids is 1. The van der Waals surface area contributed by atoms with Crippen molar-refractivity contribution < 1.29 is 4.79 Å². The number of hydrogen-bond acceptors (Lipinski definition) is 3. The minimum Gasteiger partial charge on any atom is -0.370 e. The number of nitrogens with one attached hydrogen (secondary N) is 1. The fraction of sp³-hybridized carbons (Fsp3) is 0.562. The van der Waals surface area contributed by atoms with Crippen molar-refractivity contribution in [3.05, 3.63) is 28.2 Å². The number of carbonyl (C=O) groups is 1. The molecular formula is C16H24BrN3O. The van der Waals surface area contributed by atoms with Crippen LogP contribution in [0.3, 0.4) is 0 Å². The van der Waals surface area contributed by atoms with Gasteiger partial charge in [-0.2, -0.15) is 0 Å². The van der Waals surface area contributed by atoms with E-state index in [-0.39, 0.29) is 5.91 Å². The molecule has 0 aliphatic carbocycles. The molecule has 1 saturated heterocycles. The van der Waals surface area contributed by atoms with Crippen molar-refractivity contribution in [2.45, 2.75) is 39.8 Å². The molecule has 0 saturated carbocycles. The largest absolute Gasteiger partial charge is 0.370 e. The average Bonchev–Trinajstić information content (AvgIpc) is 2.81. The van der Waals surface area contributed by atoms with E-state index in [1.54, 1.807) is 0 Å². The van der Waals surface area contributed by atoms with Gasteiger partial charge in [0, 0.05) is 35.8 Å². The van der Waals surface area contributed by atoms with Crippen molar-refractivity contribution in [3.8, 4) is 0 Å². The molecule has 1 aliphatic rings. The third-order valence-corrected chi connectivity index (χ3v) is 4.91. The van der Waals surface area contributed by atoms with Crippen LogP contribution in [0.25, 0.3) is 0 Å². The predicted molar refractivity (Wildman–Crippen MR) is 90.2 cm³/mol. The van der Waals surface area contributed by atoms with Gasteiger partial charge in [-0.25, -0.2) is 0 Å². The summed E-state index contributed by atoms with van der Waals surface area (Å²) in [5.74, 6) is -0.207. The molecule has 2 rings (SSSR count). The van der Waals surface area contributed by atoms with Gasteiger partial charge < -0.3 is 16.0 Å². The van der Waals surface area contributed by atoms with Crippen LogP contribution in [0.15, 0.2) is 22.7 Å². The number of halogens is 1. The molecule has 1 amide bonds. The van der Waals surface area contributed by atoms with Crippen LogP contribution >= 0.6 is 15.9 Å². The Hall–Kier alpha value is -1.07.